The lowest BCUT2D eigenvalue weighted by molar-refractivity contribution is -0.137. The van der Waals surface area contributed by atoms with E-state index in [1.54, 1.807) is 19.2 Å². The smallest absolute Gasteiger partial charge is 0.416 e. The summed E-state index contributed by atoms with van der Waals surface area (Å²) in [6.45, 7) is -3.09. The summed E-state index contributed by atoms with van der Waals surface area (Å²) in [6.07, 6.45) is -2.08. The summed E-state index contributed by atoms with van der Waals surface area (Å²) in [5.41, 5.74) is 0.316. The van der Waals surface area contributed by atoms with Crippen molar-refractivity contribution in [1.82, 2.24) is 30.0 Å². The van der Waals surface area contributed by atoms with Gasteiger partial charge in [-0.15, -0.1) is 0 Å². The molecule has 3 N–H and O–H groups in total. The van der Waals surface area contributed by atoms with Crippen molar-refractivity contribution in [2.75, 3.05) is 24.7 Å². The summed E-state index contributed by atoms with van der Waals surface area (Å²) in [5.74, 6) is -0.518. The molecule has 11 nitrogen and oxygen atoms in total. The van der Waals surface area contributed by atoms with Gasteiger partial charge in [-0.25, -0.2) is 15.0 Å². The number of aryl methyl sites for hydroxylation is 1. The molecule has 4 aromatic rings. The summed E-state index contributed by atoms with van der Waals surface area (Å²) in [6, 6.07) is 6.40. The Labute approximate surface area is 224 Å². The van der Waals surface area contributed by atoms with E-state index in [2.05, 4.69) is 30.7 Å². The number of hydrogen-bond acceptors (Lipinski definition) is 9. The first-order valence-electron chi connectivity index (χ1n) is 12.9. The minimum Gasteiger partial charge on any atom is -0.494 e. The third kappa shape index (κ3) is 5.45. The average molecular weight is 544 g/mol. The highest BCUT2D eigenvalue weighted by molar-refractivity contribution is 6.00. The molecule has 4 heterocycles. The largest absolute Gasteiger partial charge is 0.494 e. The number of rotatable bonds is 3. The average Bonchev–Trinajstić information content (AvgIpc) is 3.32. The third-order valence-electron chi connectivity index (χ3n) is 5.71. The molecule has 0 saturated heterocycles. The molecule has 202 valence electrons. The van der Waals surface area contributed by atoms with E-state index in [4.69, 9.17) is 13.6 Å². The molecule has 1 aliphatic heterocycles. The molecule has 0 atom stereocenters. The van der Waals surface area contributed by atoms with Crippen LogP contribution in [-0.4, -0.2) is 44.7 Å². The van der Waals surface area contributed by atoms with Gasteiger partial charge in [-0.2, -0.15) is 18.3 Å². The van der Waals surface area contributed by atoms with Gasteiger partial charge in [0.25, 0.3) is 5.91 Å². The number of carbonyl (C=O) groups is 1. The van der Waals surface area contributed by atoms with Crippen LogP contribution in [0.5, 0.6) is 5.75 Å². The monoisotopic (exact) mass is 543 g/mol. The fourth-order valence-corrected chi connectivity index (χ4v) is 4.03. The van der Waals surface area contributed by atoms with Crippen LogP contribution in [0.25, 0.3) is 11.4 Å². The van der Waals surface area contributed by atoms with Gasteiger partial charge in [-0.1, -0.05) is 0 Å². The Morgan fingerprint density at radius 1 is 1.13 bits per heavy atom. The first-order valence-corrected chi connectivity index (χ1v) is 11.4. The van der Waals surface area contributed by atoms with Crippen molar-refractivity contribution < 1.29 is 31.6 Å². The van der Waals surface area contributed by atoms with Gasteiger partial charge in [0.2, 0.25) is 0 Å². The molecule has 1 amide bonds. The van der Waals surface area contributed by atoms with Crippen LogP contribution in [0.3, 0.4) is 0 Å². The predicted octanol–water partition coefficient (Wildman–Crippen LogP) is 4.18. The minimum absolute atomic E-state index is 0.0109. The van der Waals surface area contributed by atoms with Crippen LogP contribution in [0.2, 0.25) is 0 Å². The van der Waals surface area contributed by atoms with Crippen molar-refractivity contribution in [3.05, 3.63) is 65.2 Å². The molecule has 0 spiro atoms. The molecule has 0 saturated carbocycles. The van der Waals surface area contributed by atoms with Crippen LogP contribution in [0.1, 0.15) is 31.3 Å². The molecule has 6 bridgehead atoms. The van der Waals surface area contributed by atoms with Gasteiger partial charge in [0, 0.05) is 30.4 Å². The number of carbonyl (C=O) groups excluding carboxylic acids is 1. The highest BCUT2D eigenvalue weighted by Gasteiger charge is 2.32. The van der Waals surface area contributed by atoms with Crippen LogP contribution < -0.4 is 20.7 Å². The number of halogens is 3. The van der Waals surface area contributed by atoms with Gasteiger partial charge < -0.3 is 25.4 Å². The number of fused-ring (bicyclic) bond motifs is 6. The van der Waals surface area contributed by atoms with Crippen LogP contribution in [0.4, 0.5) is 36.2 Å². The molecular weight excluding hydrogens is 517 g/mol. The van der Waals surface area contributed by atoms with Crippen molar-refractivity contribution in [3.8, 4) is 17.1 Å². The fraction of sp³-hybridized carbons (Fsp3) is 0.240. The third-order valence-corrected chi connectivity index (χ3v) is 5.71. The Morgan fingerprint density at radius 3 is 2.69 bits per heavy atom. The fourth-order valence-electron chi connectivity index (χ4n) is 4.03. The number of ether oxygens (including phenoxy) is 2. The molecule has 1 aromatic carbocycles. The number of methoxy groups -OCH3 is 1. The van der Waals surface area contributed by atoms with Crippen LogP contribution in [-0.2, 0) is 31.2 Å². The number of alkyl halides is 3. The van der Waals surface area contributed by atoms with E-state index < -0.39 is 24.6 Å². The second-order valence-corrected chi connectivity index (χ2v) is 8.51. The number of aromatic nitrogens is 5. The van der Waals surface area contributed by atoms with E-state index >= 15 is 0 Å². The van der Waals surface area contributed by atoms with Crippen LogP contribution in [0.15, 0.2) is 42.9 Å². The second kappa shape index (κ2) is 10.2. The summed E-state index contributed by atoms with van der Waals surface area (Å²) in [7, 11) is 3.12. The van der Waals surface area contributed by atoms with E-state index in [1.165, 1.54) is 24.2 Å². The van der Waals surface area contributed by atoms with Crippen LogP contribution in [0, 0.1) is 0 Å². The van der Waals surface area contributed by atoms with Crippen molar-refractivity contribution >= 4 is 28.9 Å². The van der Waals surface area contributed by atoms with Gasteiger partial charge in [-0.05, 0) is 29.8 Å². The lowest BCUT2D eigenvalue weighted by Gasteiger charge is -2.19. The number of hydrogen-bond donors (Lipinski definition) is 3. The maximum atomic E-state index is 13.7. The SMILES string of the molecule is [2H]C([2H])([2H])NC(=O)c1cnc2cc1Nc1cc(cc(-c3ncn(C)n3)c1OC)COCc1cc(C(F)(F)F)cc(n1)N2. The van der Waals surface area contributed by atoms with Gasteiger partial charge >= 0.3 is 6.18 Å². The Balaban J connectivity index is 1.69. The molecule has 0 radical (unpaired) electrons. The predicted molar refractivity (Wildman–Crippen MR) is 135 cm³/mol. The molecule has 5 rings (SSSR count). The van der Waals surface area contributed by atoms with E-state index in [-0.39, 0.29) is 41.8 Å². The van der Waals surface area contributed by atoms with E-state index in [0.717, 1.165) is 18.3 Å². The molecule has 3 aromatic heterocycles. The van der Waals surface area contributed by atoms with E-state index in [9.17, 15) is 18.0 Å². The maximum absolute atomic E-state index is 13.7. The highest BCUT2D eigenvalue weighted by Crippen LogP contribution is 2.39. The number of pyridine rings is 2. The first kappa shape index (κ1) is 22.3. The second-order valence-electron chi connectivity index (χ2n) is 8.51. The molecule has 0 fully saturated rings. The number of nitrogens with one attached hydrogen (secondary N) is 3. The van der Waals surface area contributed by atoms with Gasteiger partial charge in [0.1, 0.15) is 18.0 Å². The number of anilines is 4. The first-order chi connectivity index (χ1) is 19.8. The van der Waals surface area contributed by atoms with Crippen molar-refractivity contribution in [3.63, 3.8) is 0 Å². The van der Waals surface area contributed by atoms with Gasteiger partial charge in [0.05, 0.1) is 54.1 Å². The Bertz CT molecular complexity index is 1660. The number of benzene rings is 1. The summed E-state index contributed by atoms with van der Waals surface area (Å²) in [4.78, 5) is 25.6. The Morgan fingerprint density at radius 2 is 1.97 bits per heavy atom. The highest BCUT2D eigenvalue weighted by atomic mass is 19.4. The van der Waals surface area contributed by atoms with Crippen molar-refractivity contribution in [2.45, 2.75) is 19.4 Å². The summed E-state index contributed by atoms with van der Waals surface area (Å²) < 4.78 is 76.2. The minimum atomic E-state index is -4.66. The zero-order valence-corrected chi connectivity index (χ0v) is 20.6. The molecule has 39 heavy (non-hydrogen) atoms. The molecule has 14 heteroatoms. The Hall–Kier alpha value is -4.72. The van der Waals surface area contributed by atoms with Crippen molar-refractivity contribution in [2.24, 2.45) is 7.05 Å². The lowest BCUT2D eigenvalue weighted by Crippen LogP contribution is -2.20. The topological polar surface area (TPSA) is 128 Å². The van der Waals surface area contributed by atoms with E-state index in [0.29, 0.717) is 28.4 Å². The summed E-state index contributed by atoms with van der Waals surface area (Å²) >= 11 is 0. The van der Waals surface area contributed by atoms with E-state index in [1.807, 2.05) is 5.32 Å². The van der Waals surface area contributed by atoms with Crippen molar-refractivity contribution in [1.29, 1.82) is 0 Å². The zero-order valence-electron chi connectivity index (χ0n) is 23.6. The zero-order chi connectivity index (χ0) is 30.2. The van der Waals surface area contributed by atoms with Gasteiger partial charge in [0.15, 0.2) is 11.6 Å². The normalized spacial score (nSPS) is 14.5. The molecule has 0 aliphatic carbocycles. The maximum Gasteiger partial charge on any atom is 0.416 e. The molecule has 1 aliphatic rings. The standard InChI is InChI=1S/C25H23F3N8O3/c1-29-24(37)17-9-30-20-8-18(17)33-19-5-13(4-16(22(19)38-3)23-31-12-36(2)35-23)10-39-11-15-6-14(25(26,27)28)7-21(32-15)34-20/h4-9,12,33H,10-11H2,1-3H3,(H,29,37)(H,30,32,34)/i1D3. The quantitative estimate of drug-likeness (QED) is 0.349. The summed E-state index contributed by atoms with van der Waals surface area (Å²) in [5, 5.41) is 12.1. The van der Waals surface area contributed by atoms with Gasteiger partial charge in [-0.3, -0.25) is 9.48 Å². The van der Waals surface area contributed by atoms with Crippen LogP contribution >= 0.6 is 0 Å². The lowest BCUT2D eigenvalue weighted by atomic mass is 10.1. The number of amides is 1. The number of nitrogens with zero attached hydrogens (tertiary/aromatic N) is 5. The molecule has 0 unspecified atom stereocenters. The Kier molecular flexibility index (Phi) is 5.83. The molecular formula is C25H23F3N8O3.